The number of sulfonamides is 1. The maximum Gasteiger partial charge on any atom is 0.253 e. The van der Waals surface area contributed by atoms with Crippen LogP contribution in [0.15, 0.2) is 23.1 Å². The van der Waals surface area contributed by atoms with Gasteiger partial charge in [0, 0.05) is 24.7 Å². The van der Waals surface area contributed by atoms with Crippen LogP contribution in [0, 0.1) is 0 Å². The maximum absolute atomic E-state index is 12.8. The predicted molar refractivity (Wildman–Crippen MR) is 102 cm³/mol. The molecule has 1 aliphatic rings. The van der Waals surface area contributed by atoms with E-state index < -0.39 is 10.0 Å². The number of rotatable bonds is 9. The van der Waals surface area contributed by atoms with E-state index >= 15 is 0 Å². The highest BCUT2D eigenvalue weighted by atomic mass is 32.2. The predicted octanol–water partition coefficient (Wildman–Crippen LogP) is 3.18. The lowest BCUT2D eigenvalue weighted by atomic mass is 10.1. The fraction of sp³-hybridized carbons (Fsp3) is 0.632. The second kappa shape index (κ2) is 9.37. The van der Waals surface area contributed by atoms with Gasteiger partial charge < -0.3 is 9.64 Å². The Bertz CT molecular complexity index is 712. The molecular weight excluding hydrogens is 352 g/mol. The summed E-state index contributed by atoms with van der Waals surface area (Å²) in [5, 5.41) is 0. The zero-order chi connectivity index (χ0) is 19.2. The summed E-state index contributed by atoms with van der Waals surface area (Å²) in [7, 11) is -2.30. The standard InChI is InChI=1S/C19H30N2O4S/c1-4-6-13-21(5-2)19(22)15-11-12-17(25-3)18(14-15)26(23,24)20-16-9-7-8-10-16/h11-12,14,16,20H,4-10,13H2,1-3H3. The van der Waals surface area contributed by atoms with E-state index in [1.165, 1.54) is 13.2 Å². The fourth-order valence-electron chi connectivity index (χ4n) is 3.28. The van der Waals surface area contributed by atoms with Gasteiger partial charge in [0.25, 0.3) is 5.91 Å². The molecule has 0 aliphatic heterocycles. The minimum absolute atomic E-state index is 0.0318. The van der Waals surface area contributed by atoms with Crippen molar-refractivity contribution in [2.45, 2.75) is 63.3 Å². The molecule has 0 saturated heterocycles. The van der Waals surface area contributed by atoms with E-state index in [-0.39, 0.29) is 22.6 Å². The summed E-state index contributed by atoms with van der Waals surface area (Å²) in [4.78, 5) is 14.5. The molecular formula is C19H30N2O4S. The van der Waals surface area contributed by atoms with E-state index in [1.807, 2.05) is 6.92 Å². The molecule has 0 radical (unpaired) electrons. The van der Waals surface area contributed by atoms with Gasteiger partial charge in [-0.25, -0.2) is 13.1 Å². The molecule has 1 aromatic rings. The minimum Gasteiger partial charge on any atom is -0.495 e. The van der Waals surface area contributed by atoms with Crippen LogP contribution in [0.1, 0.15) is 62.7 Å². The van der Waals surface area contributed by atoms with Gasteiger partial charge in [-0.1, -0.05) is 26.2 Å². The van der Waals surface area contributed by atoms with Crippen molar-refractivity contribution in [2.75, 3.05) is 20.2 Å². The van der Waals surface area contributed by atoms with Gasteiger partial charge in [0.15, 0.2) is 0 Å². The number of hydrogen-bond donors (Lipinski definition) is 1. The molecule has 0 atom stereocenters. The zero-order valence-corrected chi connectivity index (χ0v) is 16.8. The van der Waals surface area contributed by atoms with Crippen LogP contribution in [0.25, 0.3) is 0 Å². The molecule has 1 saturated carbocycles. The summed E-state index contributed by atoms with van der Waals surface area (Å²) in [5.74, 6) is 0.101. The van der Waals surface area contributed by atoms with Crippen molar-refractivity contribution in [3.8, 4) is 5.75 Å². The van der Waals surface area contributed by atoms with Gasteiger partial charge in [0.1, 0.15) is 10.6 Å². The lowest BCUT2D eigenvalue weighted by molar-refractivity contribution is 0.0762. The Hall–Kier alpha value is -1.60. The van der Waals surface area contributed by atoms with Crippen molar-refractivity contribution >= 4 is 15.9 Å². The number of carbonyl (C=O) groups excluding carboxylic acids is 1. The number of nitrogens with one attached hydrogen (secondary N) is 1. The third-order valence-corrected chi connectivity index (χ3v) is 6.37. The molecule has 0 aromatic heterocycles. The number of hydrogen-bond acceptors (Lipinski definition) is 4. The lowest BCUT2D eigenvalue weighted by Gasteiger charge is -2.21. The lowest BCUT2D eigenvalue weighted by Crippen LogP contribution is -2.34. The minimum atomic E-state index is -3.74. The van der Waals surface area contributed by atoms with Gasteiger partial charge in [-0.15, -0.1) is 0 Å². The topological polar surface area (TPSA) is 75.7 Å². The highest BCUT2D eigenvalue weighted by Gasteiger charge is 2.27. The number of nitrogens with zero attached hydrogens (tertiary/aromatic N) is 1. The SMILES string of the molecule is CCCCN(CC)C(=O)c1ccc(OC)c(S(=O)(=O)NC2CCCC2)c1. The number of amides is 1. The quantitative estimate of drug-likeness (QED) is 0.712. The number of methoxy groups -OCH3 is 1. The Kier molecular flexibility index (Phi) is 7.46. The van der Waals surface area contributed by atoms with Crippen LogP contribution in [-0.4, -0.2) is 45.5 Å². The molecule has 26 heavy (non-hydrogen) atoms. The average Bonchev–Trinajstić information content (AvgIpc) is 3.13. The summed E-state index contributed by atoms with van der Waals surface area (Å²) >= 11 is 0. The number of benzene rings is 1. The van der Waals surface area contributed by atoms with Gasteiger partial charge in [-0.2, -0.15) is 0 Å². The van der Waals surface area contributed by atoms with Gasteiger partial charge in [0.2, 0.25) is 10.0 Å². The Balaban J connectivity index is 2.30. The fourth-order valence-corrected chi connectivity index (χ4v) is 4.78. The Labute approximate surface area is 157 Å². The van der Waals surface area contributed by atoms with Crippen molar-refractivity contribution in [3.63, 3.8) is 0 Å². The number of ether oxygens (including phenoxy) is 1. The third-order valence-electron chi connectivity index (χ3n) is 4.83. The van der Waals surface area contributed by atoms with Crippen molar-refractivity contribution in [1.29, 1.82) is 0 Å². The second-order valence-electron chi connectivity index (χ2n) is 6.71. The first-order chi connectivity index (χ1) is 12.4. The van der Waals surface area contributed by atoms with Gasteiger partial charge >= 0.3 is 0 Å². The number of carbonyl (C=O) groups is 1. The molecule has 0 unspecified atom stereocenters. The smallest absolute Gasteiger partial charge is 0.253 e. The molecule has 1 amide bonds. The summed E-state index contributed by atoms with van der Waals surface area (Å²) < 4.78 is 33.7. The van der Waals surface area contributed by atoms with Gasteiger partial charge in [-0.05, 0) is 44.4 Å². The molecule has 1 aromatic carbocycles. The molecule has 0 spiro atoms. The largest absolute Gasteiger partial charge is 0.495 e. The summed E-state index contributed by atoms with van der Waals surface area (Å²) in [6.45, 7) is 5.26. The first-order valence-electron chi connectivity index (χ1n) is 9.42. The van der Waals surface area contributed by atoms with Crippen LogP contribution in [0.2, 0.25) is 0 Å². The molecule has 0 bridgehead atoms. The summed E-state index contributed by atoms with van der Waals surface area (Å²) in [5.41, 5.74) is 0.371. The molecule has 6 nitrogen and oxygen atoms in total. The summed E-state index contributed by atoms with van der Waals surface area (Å²) in [6.07, 6.45) is 5.68. The summed E-state index contributed by atoms with van der Waals surface area (Å²) in [6, 6.07) is 4.59. The van der Waals surface area contributed by atoms with Crippen LogP contribution in [0.4, 0.5) is 0 Å². The normalized spacial score (nSPS) is 15.2. The molecule has 2 rings (SSSR count). The Morgan fingerprint density at radius 3 is 2.54 bits per heavy atom. The van der Waals surface area contributed by atoms with Crippen LogP contribution >= 0.6 is 0 Å². The first-order valence-corrected chi connectivity index (χ1v) is 10.9. The van der Waals surface area contributed by atoms with Crippen molar-refractivity contribution < 1.29 is 17.9 Å². The van der Waals surface area contributed by atoms with E-state index in [1.54, 1.807) is 17.0 Å². The van der Waals surface area contributed by atoms with Crippen LogP contribution < -0.4 is 9.46 Å². The Morgan fingerprint density at radius 2 is 1.96 bits per heavy atom. The molecule has 0 heterocycles. The molecule has 1 aliphatic carbocycles. The first kappa shape index (κ1) is 20.7. The van der Waals surface area contributed by atoms with E-state index in [0.29, 0.717) is 18.7 Å². The third kappa shape index (κ3) is 4.98. The van der Waals surface area contributed by atoms with Crippen molar-refractivity contribution in [3.05, 3.63) is 23.8 Å². The average molecular weight is 383 g/mol. The number of unbranched alkanes of at least 4 members (excludes halogenated alkanes) is 1. The maximum atomic E-state index is 12.8. The highest BCUT2D eigenvalue weighted by Crippen LogP contribution is 2.27. The van der Waals surface area contributed by atoms with Crippen molar-refractivity contribution in [1.82, 2.24) is 9.62 Å². The highest BCUT2D eigenvalue weighted by molar-refractivity contribution is 7.89. The monoisotopic (exact) mass is 382 g/mol. The van der Waals surface area contributed by atoms with Gasteiger partial charge in [-0.3, -0.25) is 4.79 Å². The molecule has 1 N–H and O–H groups in total. The second-order valence-corrected chi connectivity index (χ2v) is 8.39. The zero-order valence-electron chi connectivity index (χ0n) is 16.0. The Morgan fingerprint density at radius 1 is 1.27 bits per heavy atom. The van der Waals surface area contributed by atoms with Crippen molar-refractivity contribution in [2.24, 2.45) is 0 Å². The molecule has 7 heteroatoms. The van der Waals surface area contributed by atoms with E-state index in [0.717, 1.165) is 38.5 Å². The van der Waals surface area contributed by atoms with E-state index in [9.17, 15) is 13.2 Å². The molecule has 1 fully saturated rings. The van der Waals surface area contributed by atoms with Gasteiger partial charge in [0.05, 0.1) is 7.11 Å². The van der Waals surface area contributed by atoms with Crippen LogP contribution in [-0.2, 0) is 10.0 Å². The van der Waals surface area contributed by atoms with Crippen LogP contribution in [0.3, 0.4) is 0 Å². The van der Waals surface area contributed by atoms with E-state index in [4.69, 9.17) is 4.74 Å². The van der Waals surface area contributed by atoms with Crippen LogP contribution in [0.5, 0.6) is 5.75 Å². The van der Waals surface area contributed by atoms with E-state index in [2.05, 4.69) is 11.6 Å². The molecule has 146 valence electrons.